The van der Waals surface area contributed by atoms with Crippen LogP contribution >= 0.6 is 0 Å². The maximum atomic E-state index is 11.7. The van der Waals surface area contributed by atoms with Crippen molar-refractivity contribution in [1.82, 2.24) is 10.4 Å². The Kier molecular flexibility index (Phi) is 2.97. The second-order valence-electron chi connectivity index (χ2n) is 5.89. The summed E-state index contributed by atoms with van der Waals surface area (Å²) in [7, 11) is 0. The molecule has 0 aliphatic heterocycles. The van der Waals surface area contributed by atoms with Gasteiger partial charge in [0.1, 0.15) is 5.52 Å². The molecule has 5 heteroatoms. The molecule has 2 N–H and O–H groups in total. The summed E-state index contributed by atoms with van der Waals surface area (Å²) in [5, 5.41) is 0. The number of carbonyl (C=O) groups is 1. The smallest absolute Gasteiger partial charge is 0.314 e. The molecule has 0 fully saturated rings. The van der Waals surface area contributed by atoms with Crippen LogP contribution in [0.2, 0.25) is 0 Å². The summed E-state index contributed by atoms with van der Waals surface area (Å²) in [6, 6.07) is 7.95. The van der Waals surface area contributed by atoms with E-state index in [1.54, 1.807) is 6.08 Å². The quantitative estimate of drug-likeness (QED) is 0.840. The number of fused-ring (bicyclic) bond motifs is 1. The molecule has 1 aliphatic carbocycles. The van der Waals surface area contributed by atoms with Crippen molar-refractivity contribution in [3.8, 4) is 0 Å². The summed E-state index contributed by atoms with van der Waals surface area (Å²) in [4.78, 5) is 16.0. The number of para-hydroxylation sites is 2. The number of carbonyl (C=O) groups excluding carboxylic acids is 1. The minimum Gasteiger partial charge on any atom is -0.422 e. The molecule has 0 saturated carbocycles. The first-order chi connectivity index (χ1) is 9.52. The van der Waals surface area contributed by atoms with E-state index in [0.717, 1.165) is 23.2 Å². The standard InChI is InChI=1S/C15H17N3O2/c1-15(2)8-10(7-11(19)9-15)17-18-14-16-12-5-3-4-6-13(12)20-14/h3-7,17H,8-9H2,1-2H3,(H,16,18). The normalized spacial score (nSPS) is 17.9. The molecule has 0 saturated heterocycles. The second kappa shape index (κ2) is 4.67. The zero-order valence-electron chi connectivity index (χ0n) is 11.6. The lowest BCUT2D eigenvalue weighted by Crippen LogP contribution is -2.30. The second-order valence-corrected chi connectivity index (χ2v) is 5.89. The van der Waals surface area contributed by atoms with Gasteiger partial charge in [-0.2, -0.15) is 4.98 Å². The summed E-state index contributed by atoms with van der Waals surface area (Å²) in [6.07, 6.45) is 3.04. The fraction of sp³-hybridized carbons (Fsp3) is 0.333. The number of rotatable bonds is 3. The largest absolute Gasteiger partial charge is 0.422 e. The van der Waals surface area contributed by atoms with Crippen LogP contribution in [0.4, 0.5) is 6.01 Å². The van der Waals surface area contributed by atoms with E-state index in [4.69, 9.17) is 4.42 Å². The summed E-state index contributed by atoms with van der Waals surface area (Å²) in [5.41, 5.74) is 8.30. The number of nitrogens with zero attached hydrogens (tertiary/aromatic N) is 1. The van der Waals surface area contributed by atoms with E-state index >= 15 is 0 Å². The van der Waals surface area contributed by atoms with Gasteiger partial charge >= 0.3 is 6.01 Å². The Morgan fingerprint density at radius 2 is 2.00 bits per heavy atom. The van der Waals surface area contributed by atoms with E-state index in [9.17, 15) is 4.79 Å². The highest BCUT2D eigenvalue weighted by Gasteiger charge is 2.27. The Hall–Kier alpha value is -2.30. The third kappa shape index (κ3) is 2.66. The van der Waals surface area contributed by atoms with Gasteiger partial charge in [0, 0.05) is 18.2 Å². The average molecular weight is 271 g/mol. The number of ketones is 1. The lowest BCUT2D eigenvalue weighted by molar-refractivity contribution is -0.117. The molecule has 1 heterocycles. The molecule has 0 bridgehead atoms. The Labute approximate surface area is 117 Å². The molecule has 20 heavy (non-hydrogen) atoms. The topological polar surface area (TPSA) is 67.2 Å². The van der Waals surface area contributed by atoms with E-state index < -0.39 is 0 Å². The number of anilines is 1. The monoisotopic (exact) mass is 271 g/mol. The van der Waals surface area contributed by atoms with Crippen molar-refractivity contribution in [3.63, 3.8) is 0 Å². The number of nitrogens with one attached hydrogen (secondary N) is 2. The lowest BCUT2D eigenvalue weighted by Gasteiger charge is -2.28. The zero-order valence-corrected chi connectivity index (χ0v) is 11.6. The Morgan fingerprint density at radius 1 is 1.20 bits per heavy atom. The molecule has 3 rings (SSSR count). The summed E-state index contributed by atoms with van der Waals surface area (Å²) >= 11 is 0. The Bertz CT molecular complexity index is 652. The molecule has 0 atom stereocenters. The zero-order chi connectivity index (χ0) is 14.2. The molecular formula is C15H17N3O2. The van der Waals surface area contributed by atoms with E-state index in [1.807, 2.05) is 24.3 Å². The van der Waals surface area contributed by atoms with Crippen molar-refractivity contribution >= 4 is 22.9 Å². The van der Waals surface area contributed by atoms with Crippen LogP contribution in [0, 0.1) is 5.41 Å². The third-order valence-electron chi connectivity index (χ3n) is 3.28. The summed E-state index contributed by atoms with van der Waals surface area (Å²) in [5.74, 6) is 0.142. The predicted octanol–water partition coefficient (Wildman–Crippen LogP) is 3.02. The first-order valence-electron chi connectivity index (χ1n) is 6.63. The molecule has 1 aromatic heterocycles. The Morgan fingerprint density at radius 3 is 2.75 bits per heavy atom. The van der Waals surface area contributed by atoms with Crippen LogP contribution in [0.15, 0.2) is 40.5 Å². The van der Waals surface area contributed by atoms with E-state index in [0.29, 0.717) is 12.4 Å². The van der Waals surface area contributed by atoms with Crippen molar-refractivity contribution < 1.29 is 9.21 Å². The minimum atomic E-state index is -0.0167. The maximum Gasteiger partial charge on any atom is 0.314 e. The molecule has 104 valence electrons. The van der Waals surface area contributed by atoms with Crippen LogP contribution in [0.1, 0.15) is 26.7 Å². The molecule has 5 nitrogen and oxygen atoms in total. The van der Waals surface area contributed by atoms with Gasteiger partial charge in [-0.3, -0.25) is 10.2 Å². The molecular weight excluding hydrogens is 254 g/mol. The third-order valence-corrected chi connectivity index (χ3v) is 3.28. The van der Waals surface area contributed by atoms with E-state index in [-0.39, 0.29) is 11.2 Å². The van der Waals surface area contributed by atoms with E-state index in [1.165, 1.54) is 0 Å². The predicted molar refractivity (Wildman–Crippen MR) is 76.9 cm³/mol. The van der Waals surface area contributed by atoms with Crippen LogP contribution in [0.5, 0.6) is 0 Å². The summed E-state index contributed by atoms with van der Waals surface area (Å²) < 4.78 is 5.54. The van der Waals surface area contributed by atoms with Crippen molar-refractivity contribution in [2.24, 2.45) is 5.41 Å². The van der Waals surface area contributed by atoms with Gasteiger partial charge in [0.25, 0.3) is 0 Å². The van der Waals surface area contributed by atoms with Crippen molar-refractivity contribution in [1.29, 1.82) is 0 Å². The number of hydrogen-bond donors (Lipinski definition) is 2. The highest BCUT2D eigenvalue weighted by atomic mass is 16.4. The van der Waals surface area contributed by atoms with Crippen LogP contribution < -0.4 is 10.9 Å². The van der Waals surface area contributed by atoms with Gasteiger partial charge < -0.3 is 9.84 Å². The SMILES string of the molecule is CC1(C)CC(=O)C=C(NNc2nc3ccccc3o2)C1. The fourth-order valence-corrected chi connectivity index (χ4v) is 2.49. The van der Waals surface area contributed by atoms with Crippen LogP contribution in [0.25, 0.3) is 11.1 Å². The molecule has 0 amide bonds. The lowest BCUT2D eigenvalue weighted by atomic mass is 9.79. The highest BCUT2D eigenvalue weighted by Crippen LogP contribution is 2.32. The molecule has 0 radical (unpaired) electrons. The number of aromatic nitrogens is 1. The number of benzene rings is 1. The Balaban J connectivity index is 1.71. The number of allylic oxidation sites excluding steroid dienone is 2. The van der Waals surface area contributed by atoms with Gasteiger partial charge in [0.15, 0.2) is 11.4 Å². The minimum absolute atomic E-state index is 0.0167. The molecule has 0 unspecified atom stereocenters. The van der Waals surface area contributed by atoms with Crippen LogP contribution in [0.3, 0.4) is 0 Å². The van der Waals surface area contributed by atoms with Gasteiger partial charge in [-0.15, -0.1) is 0 Å². The molecule has 1 aromatic carbocycles. The molecule has 2 aromatic rings. The number of hydrogen-bond acceptors (Lipinski definition) is 5. The number of hydrazine groups is 1. The summed E-state index contributed by atoms with van der Waals surface area (Å²) in [6.45, 7) is 4.16. The van der Waals surface area contributed by atoms with Crippen LogP contribution in [-0.2, 0) is 4.79 Å². The van der Waals surface area contributed by atoms with Crippen LogP contribution in [-0.4, -0.2) is 10.8 Å². The molecule has 0 spiro atoms. The number of oxazole rings is 1. The van der Waals surface area contributed by atoms with Gasteiger partial charge in [-0.1, -0.05) is 26.0 Å². The fourth-order valence-electron chi connectivity index (χ4n) is 2.49. The molecule has 1 aliphatic rings. The van der Waals surface area contributed by atoms with Crippen molar-refractivity contribution in [3.05, 3.63) is 36.0 Å². The van der Waals surface area contributed by atoms with Gasteiger partial charge in [0.05, 0.1) is 0 Å². The van der Waals surface area contributed by atoms with Gasteiger partial charge in [-0.25, -0.2) is 0 Å². The maximum absolute atomic E-state index is 11.7. The van der Waals surface area contributed by atoms with Gasteiger partial charge in [-0.05, 0) is 24.0 Å². The highest BCUT2D eigenvalue weighted by molar-refractivity contribution is 5.91. The van der Waals surface area contributed by atoms with Gasteiger partial charge in [0.2, 0.25) is 0 Å². The van der Waals surface area contributed by atoms with Crippen molar-refractivity contribution in [2.45, 2.75) is 26.7 Å². The first-order valence-corrected chi connectivity index (χ1v) is 6.63. The average Bonchev–Trinajstić information content (AvgIpc) is 2.76. The van der Waals surface area contributed by atoms with Crippen molar-refractivity contribution in [2.75, 3.05) is 5.43 Å². The van der Waals surface area contributed by atoms with E-state index in [2.05, 4.69) is 29.7 Å². The first kappa shape index (κ1) is 12.7.